The van der Waals surface area contributed by atoms with Crippen molar-refractivity contribution < 1.29 is 13.6 Å². The molecule has 0 unspecified atom stereocenters. The van der Waals surface area contributed by atoms with E-state index in [0.717, 1.165) is 42.9 Å². The van der Waals surface area contributed by atoms with Crippen LogP contribution in [0.4, 0.5) is 14.6 Å². The molecule has 0 aliphatic carbocycles. The minimum Gasteiger partial charge on any atom is -0.356 e. The van der Waals surface area contributed by atoms with Crippen molar-refractivity contribution in [2.24, 2.45) is 5.92 Å². The van der Waals surface area contributed by atoms with Crippen LogP contribution in [0.25, 0.3) is 11.3 Å². The Morgan fingerprint density at radius 1 is 0.903 bits per heavy atom. The van der Waals surface area contributed by atoms with Gasteiger partial charge in [-0.15, -0.1) is 10.2 Å². The average Bonchev–Trinajstić information content (AvgIpc) is 2.81. The predicted octanol–water partition coefficient (Wildman–Crippen LogP) is 4.00. The number of nitrogens with zero attached hydrogens (tertiary/aromatic N) is 3. The number of anilines is 1. The summed E-state index contributed by atoms with van der Waals surface area (Å²) in [4.78, 5) is 14.6. The van der Waals surface area contributed by atoms with E-state index in [4.69, 9.17) is 0 Å². The number of carbonyl (C=O) groups is 1. The van der Waals surface area contributed by atoms with Gasteiger partial charge < -0.3 is 10.2 Å². The lowest BCUT2D eigenvalue weighted by atomic mass is 9.96. The molecule has 1 aliphatic heterocycles. The molecule has 0 spiro atoms. The first-order chi connectivity index (χ1) is 15.1. The van der Waals surface area contributed by atoms with Crippen molar-refractivity contribution in [3.05, 3.63) is 77.9 Å². The second-order valence-electron chi connectivity index (χ2n) is 7.71. The van der Waals surface area contributed by atoms with Gasteiger partial charge in [-0.2, -0.15) is 0 Å². The lowest BCUT2D eigenvalue weighted by molar-refractivity contribution is -0.125. The Labute approximate surface area is 180 Å². The highest BCUT2D eigenvalue weighted by molar-refractivity contribution is 5.79. The van der Waals surface area contributed by atoms with E-state index >= 15 is 0 Å². The second kappa shape index (κ2) is 9.64. The molecule has 1 saturated heterocycles. The molecule has 1 N–H and O–H groups in total. The smallest absolute Gasteiger partial charge is 0.223 e. The topological polar surface area (TPSA) is 58.1 Å². The van der Waals surface area contributed by atoms with Gasteiger partial charge in [0.25, 0.3) is 0 Å². The predicted molar refractivity (Wildman–Crippen MR) is 115 cm³/mol. The van der Waals surface area contributed by atoms with Crippen LogP contribution in [0, 0.1) is 17.6 Å². The molecule has 0 atom stereocenters. The van der Waals surface area contributed by atoms with Crippen molar-refractivity contribution in [3.8, 4) is 11.3 Å². The second-order valence-corrected chi connectivity index (χ2v) is 7.71. The maximum atomic E-state index is 13.1. The zero-order valence-electron chi connectivity index (χ0n) is 17.1. The molecule has 31 heavy (non-hydrogen) atoms. The van der Waals surface area contributed by atoms with Crippen LogP contribution in [0.5, 0.6) is 0 Å². The highest BCUT2D eigenvalue weighted by atomic mass is 19.1. The lowest BCUT2D eigenvalue weighted by Crippen LogP contribution is -2.41. The Morgan fingerprint density at radius 3 is 2.16 bits per heavy atom. The highest BCUT2D eigenvalue weighted by Gasteiger charge is 2.25. The van der Waals surface area contributed by atoms with E-state index < -0.39 is 0 Å². The molecule has 0 radical (unpaired) electrons. The van der Waals surface area contributed by atoms with E-state index in [1.165, 1.54) is 24.3 Å². The van der Waals surface area contributed by atoms with Crippen molar-refractivity contribution >= 4 is 11.7 Å². The molecule has 1 aliphatic rings. The van der Waals surface area contributed by atoms with Crippen LogP contribution in [0.1, 0.15) is 18.4 Å². The summed E-state index contributed by atoms with van der Waals surface area (Å²) in [6.07, 6.45) is 2.19. The van der Waals surface area contributed by atoms with E-state index in [-0.39, 0.29) is 23.5 Å². The van der Waals surface area contributed by atoms with Crippen LogP contribution < -0.4 is 10.2 Å². The molecule has 1 amide bonds. The van der Waals surface area contributed by atoms with E-state index in [0.29, 0.717) is 18.7 Å². The summed E-state index contributed by atoms with van der Waals surface area (Å²) in [5.41, 5.74) is 2.51. The average molecular weight is 422 g/mol. The molecule has 3 aromatic rings. The highest BCUT2D eigenvalue weighted by Crippen LogP contribution is 2.23. The fourth-order valence-corrected chi connectivity index (χ4v) is 3.76. The Morgan fingerprint density at radius 2 is 1.55 bits per heavy atom. The third kappa shape index (κ3) is 5.42. The van der Waals surface area contributed by atoms with Gasteiger partial charge in [-0.3, -0.25) is 4.79 Å². The Bertz CT molecular complexity index is 999. The van der Waals surface area contributed by atoms with E-state index in [1.807, 2.05) is 12.1 Å². The fraction of sp³-hybridized carbons (Fsp3) is 0.292. The summed E-state index contributed by atoms with van der Waals surface area (Å²) < 4.78 is 26.0. The first-order valence-electron chi connectivity index (χ1n) is 10.5. The normalized spacial score (nSPS) is 14.5. The molecule has 0 saturated carbocycles. The minimum absolute atomic E-state index is 0.0177. The van der Waals surface area contributed by atoms with Gasteiger partial charge in [0.15, 0.2) is 5.82 Å². The molecule has 160 valence electrons. The molecule has 2 aromatic carbocycles. The largest absolute Gasteiger partial charge is 0.356 e. The van der Waals surface area contributed by atoms with Crippen LogP contribution in [0.15, 0.2) is 60.7 Å². The van der Waals surface area contributed by atoms with Gasteiger partial charge in [-0.25, -0.2) is 8.78 Å². The van der Waals surface area contributed by atoms with Gasteiger partial charge in [0.2, 0.25) is 5.91 Å². The number of amides is 1. The zero-order valence-corrected chi connectivity index (χ0v) is 17.1. The molecule has 5 nitrogen and oxygen atoms in total. The number of carbonyl (C=O) groups excluding carboxylic acids is 1. The molecular formula is C24H24F2N4O. The number of aromatic nitrogens is 2. The first kappa shape index (κ1) is 20.9. The van der Waals surface area contributed by atoms with Gasteiger partial charge in [0.05, 0.1) is 5.69 Å². The molecule has 2 heterocycles. The summed E-state index contributed by atoms with van der Waals surface area (Å²) in [6, 6.07) is 16.3. The monoisotopic (exact) mass is 422 g/mol. The van der Waals surface area contributed by atoms with Crippen molar-refractivity contribution in [3.63, 3.8) is 0 Å². The van der Waals surface area contributed by atoms with Crippen molar-refractivity contribution in [2.45, 2.75) is 19.3 Å². The van der Waals surface area contributed by atoms with Crippen LogP contribution in [0.3, 0.4) is 0 Å². The number of hydrogen-bond acceptors (Lipinski definition) is 4. The summed E-state index contributed by atoms with van der Waals surface area (Å²) >= 11 is 0. The van der Waals surface area contributed by atoms with E-state index in [2.05, 4.69) is 20.4 Å². The first-order valence-corrected chi connectivity index (χ1v) is 10.5. The Kier molecular flexibility index (Phi) is 6.50. The van der Waals surface area contributed by atoms with Gasteiger partial charge in [0.1, 0.15) is 11.6 Å². The van der Waals surface area contributed by atoms with Crippen LogP contribution in [-0.4, -0.2) is 35.7 Å². The molecule has 4 rings (SSSR count). The molecular weight excluding hydrogens is 398 g/mol. The van der Waals surface area contributed by atoms with E-state index in [1.54, 1.807) is 24.3 Å². The molecule has 1 aromatic heterocycles. The number of halogens is 2. The number of nitrogens with one attached hydrogen (secondary N) is 1. The molecule has 0 bridgehead atoms. The molecule has 1 fully saturated rings. The van der Waals surface area contributed by atoms with Crippen LogP contribution >= 0.6 is 0 Å². The SMILES string of the molecule is O=C(NCCc1ccc(F)cc1)C1CCN(c2ccc(-c3ccc(F)cc3)nn2)CC1. The summed E-state index contributed by atoms with van der Waals surface area (Å²) in [5.74, 6) is 0.293. The fourth-order valence-electron chi connectivity index (χ4n) is 3.76. The van der Waals surface area contributed by atoms with Crippen molar-refractivity contribution in [1.82, 2.24) is 15.5 Å². The maximum Gasteiger partial charge on any atom is 0.223 e. The lowest BCUT2D eigenvalue weighted by Gasteiger charge is -2.31. The standard InChI is InChI=1S/C24H24F2N4O/c25-20-5-1-17(2-6-20)11-14-27-24(31)19-12-15-30(16-13-19)23-10-9-22(28-29-23)18-3-7-21(26)8-4-18/h1-10,19H,11-16H2,(H,27,31). The summed E-state index contributed by atoms with van der Waals surface area (Å²) in [7, 11) is 0. The van der Waals surface area contributed by atoms with Crippen LogP contribution in [0.2, 0.25) is 0 Å². The van der Waals surface area contributed by atoms with Gasteiger partial charge in [-0.1, -0.05) is 12.1 Å². The summed E-state index contributed by atoms with van der Waals surface area (Å²) in [5, 5.41) is 11.6. The Hall–Kier alpha value is -3.35. The zero-order chi connectivity index (χ0) is 21.6. The number of rotatable bonds is 6. The van der Waals surface area contributed by atoms with E-state index in [9.17, 15) is 13.6 Å². The third-order valence-corrected chi connectivity index (χ3v) is 5.61. The maximum absolute atomic E-state index is 13.1. The third-order valence-electron chi connectivity index (χ3n) is 5.61. The quantitative estimate of drug-likeness (QED) is 0.653. The molecule has 7 heteroatoms. The summed E-state index contributed by atoms with van der Waals surface area (Å²) in [6.45, 7) is 2.02. The minimum atomic E-state index is -0.282. The van der Waals surface area contributed by atoms with Gasteiger partial charge >= 0.3 is 0 Å². The number of piperidine rings is 1. The van der Waals surface area contributed by atoms with Gasteiger partial charge in [0, 0.05) is 31.1 Å². The van der Waals surface area contributed by atoms with Gasteiger partial charge in [-0.05, 0) is 73.4 Å². The van der Waals surface area contributed by atoms with Crippen molar-refractivity contribution in [1.29, 1.82) is 0 Å². The van der Waals surface area contributed by atoms with Crippen molar-refractivity contribution in [2.75, 3.05) is 24.5 Å². The van der Waals surface area contributed by atoms with Crippen LogP contribution in [-0.2, 0) is 11.2 Å². The Balaban J connectivity index is 1.24. The number of benzene rings is 2. The number of hydrogen-bond donors (Lipinski definition) is 1.